The molecule has 2 aromatic rings. The highest BCUT2D eigenvalue weighted by Gasteiger charge is 2.14. The number of nitrogens with two attached hydrogens (primary N) is 1. The number of nitrogen functional groups attached to an aromatic ring is 1. The zero-order valence-electron chi connectivity index (χ0n) is 10.1. The predicted molar refractivity (Wildman–Crippen MR) is 65.7 cm³/mol. The Balaban J connectivity index is 2.26. The quantitative estimate of drug-likeness (QED) is 0.871. The normalized spacial score (nSPS) is 10.4. The van der Waals surface area contributed by atoms with Gasteiger partial charge in [0, 0.05) is 17.8 Å². The third-order valence-corrected chi connectivity index (χ3v) is 2.59. The van der Waals surface area contributed by atoms with E-state index in [1.807, 2.05) is 0 Å². The molecule has 0 amide bonds. The van der Waals surface area contributed by atoms with E-state index in [0.717, 1.165) is 0 Å². The van der Waals surface area contributed by atoms with Gasteiger partial charge in [-0.1, -0.05) is 6.07 Å². The number of carboxylic acid groups (broad SMARTS) is 1. The van der Waals surface area contributed by atoms with Crippen LogP contribution in [0.5, 0.6) is 5.75 Å². The second kappa shape index (κ2) is 4.97. The van der Waals surface area contributed by atoms with Crippen LogP contribution in [0.15, 0.2) is 24.4 Å². The Hall–Kier alpha value is -2.57. The van der Waals surface area contributed by atoms with E-state index in [2.05, 4.69) is 5.10 Å². The molecule has 0 aliphatic heterocycles. The summed E-state index contributed by atoms with van der Waals surface area (Å²) in [7, 11) is 1.45. The first-order valence-corrected chi connectivity index (χ1v) is 5.40. The molecular formula is C12H12FN3O3. The lowest BCUT2D eigenvalue weighted by atomic mass is 10.2. The van der Waals surface area contributed by atoms with Crippen LogP contribution in [0.4, 0.5) is 10.1 Å². The van der Waals surface area contributed by atoms with E-state index in [-0.39, 0.29) is 17.9 Å². The SMILES string of the molecule is COc1ccc(Cn2cc(N)c(C(=O)O)n2)c(F)c1. The lowest BCUT2D eigenvalue weighted by Gasteiger charge is -2.05. The summed E-state index contributed by atoms with van der Waals surface area (Å²) in [5.74, 6) is -1.26. The van der Waals surface area contributed by atoms with Crippen LogP contribution < -0.4 is 10.5 Å². The van der Waals surface area contributed by atoms with Gasteiger partial charge >= 0.3 is 5.97 Å². The van der Waals surface area contributed by atoms with Gasteiger partial charge in [-0.15, -0.1) is 0 Å². The van der Waals surface area contributed by atoms with Crippen LogP contribution in [-0.2, 0) is 6.54 Å². The molecule has 6 nitrogen and oxygen atoms in total. The van der Waals surface area contributed by atoms with Gasteiger partial charge in [-0.05, 0) is 6.07 Å². The number of methoxy groups -OCH3 is 1. The second-order valence-electron chi connectivity index (χ2n) is 3.89. The number of aromatic nitrogens is 2. The van der Waals surface area contributed by atoms with E-state index < -0.39 is 11.8 Å². The number of ether oxygens (including phenoxy) is 1. The molecule has 0 spiro atoms. The second-order valence-corrected chi connectivity index (χ2v) is 3.89. The summed E-state index contributed by atoms with van der Waals surface area (Å²) in [6.07, 6.45) is 1.35. The number of halogens is 1. The van der Waals surface area contributed by atoms with E-state index >= 15 is 0 Å². The maximum Gasteiger partial charge on any atom is 0.358 e. The summed E-state index contributed by atoms with van der Waals surface area (Å²) in [5, 5.41) is 12.6. The van der Waals surface area contributed by atoms with Crippen LogP contribution in [0.1, 0.15) is 16.1 Å². The molecule has 0 saturated heterocycles. The Morgan fingerprint density at radius 3 is 2.84 bits per heavy atom. The zero-order valence-corrected chi connectivity index (χ0v) is 10.1. The number of carbonyl (C=O) groups is 1. The van der Waals surface area contributed by atoms with Gasteiger partial charge < -0.3 is 15.6 Å². The Bertz CT molecular complexity index is 625. The minimum Gasteiger partial charge on any atom is -0.497 e. The van der Waals surface area contributed by atoms with Gasteiger partial charge in [0.05, 0.1) is 19.3 Å². The maximum atomic E-state index is 13.7. The summed E-state index contributed by atoms with van der Waals surface area (Å²) >= 11 is 0. The summed E-state index contributed by atoms with van der Waals surface area (Å²) in [4.78, 5) is 10.8. The molecule has 0 aliphatic rings. The summed E-state index contributed by atoms with van der Waals surface area (Å²) in [6.45, 7) is 0.0906. The topological polar surface area (TPSA) is 90.4 Å². The van der Waals surface area contributed by atoms with Crippen molar-refractivity contribution in [1.82, 2.24) is 9.78 Å². The smallest absolute Gasteiger partial charge is 0.358 e. The number of carboxylic acids is 1. The maximum absolute atomic E-state index is 13.7. The molecule has 0 saturated carbocycles. The van der Waals surface area contributed by atoms with Gasteiger partial charge in [0.2, 0.25) is 0 Å². The molecule has 100 valence electrons. The predicted octanol–water partition coefficient (Wildman–Crippen LogP) is 1.36. The summed E-state index contributed by atoms with van der Waals surface area (Å²) < 4.78 is 19.9. The Labute approximate surface area is 108 Å². The molecule has 3 N–H and O–H groups in total. The number of hydrogen-bond donors (Lipinski definition) is 2. The minimum absolute atomic E-state index is 0.0430. The molecule has 2 rings (SSSR count). The monoisotopic (exact) mass is 265 g/mol. The first-order chi connectivity index (χ1) is 9.01. The molecule has 0 unspecified atom stereocenters. The fourth-order valence-corrected chi connectivity index (χ4v) is 1.64. The number of rotatable bonds is 4. The highest BCUT2D eigenvalue weighted by Crippen LogP contribution is 2.18. The molecule has 0 atom stereocenters. The van der Waals surface area contributed by atoms with Gasteiger partial charge in [0.15, 0.2) is 5.69 Å². The van der Waals surface area contributed by atoms with E-state index in [1.165, 1.54) is 24.1 Å². The number of anilines is 1. The van der Waals surface area contributed by atoms with E-state index in [4.69, 9.17) is 15.6 Å². The standard InChI is InChI=1S/C12H12FN3O3/c1-19-8-3-2-7(9(13)4-8)5-16-6-10(14)11(15-16)12(17)18/h2-4,6H,5,14H2,1H3,(H,17,18). The van der Waals surface area contributed by atoms with Gasteiger partial charge in [-0.2, -0.15) is 5.10 Å². The number of aromatic carboxylic acids is 1. The molecule has 7 heteroatoms. The van der Waals surface area contributed by atoms with Crippen molar-refractivity contribution >= 4 is 11.7 Å². The third kappa shape index (κ3) is 2.65. The van der Waals surface area contributed by atoms with E-state index in [9.17, 15) is 9.18 Å². The average Bonchev–Trinajstić information content (AvgIpc) is 2.73. The van der Waals surface area contributed by atoms with Crippen molar-refractivity contribution in [3.8, 4) is 5.75 Å². The number of nitrogens with zero attached hydrogens (tertiary/aromatic N) is 2. The lowest BCUT2D eigenvalue weighted by molar-refractivity contribution is 0.0690. The Morgan fingerprint density at radius 2 is 2.32 bits per heavy atom. The minimum atomic E-state index is -1.22. The van der Waals surface area contributed by atoms with Crippen LogP contribution >= 0.6 is 0 Å². The number of hydrogen-bond acceptors (Lipinski definition) is 4. The first kappa shape index (κ1) is 12.9. The molecule has 0 radical (unpaired) electrons. The van der Waals surface area contributed by atoms with Gasteiger partial charge in [0.1, 0.15) is 11.6 Å². The third-order valence-electron chi connectivity index (χ3n) is 2.59. The number of benzene rings is 1. The zero-order chi connectivity index (χ0) is 14.0. The van der Waals surface area contributed by atoms with Crippen molar-refractivity contribution in [2.24, 2.45) is 0 Å². The van der Waals surface area contributed by atoms with Gasteiger partial charge in [-0.25, -0.2) is 9.18 Å². The van der Waals surface area contributed by atoms with Crippen molar-refractivity contribution in [3.05, 3.63) is 41.5 Å². The van der Waals surface area contributed by atoms with Gasteiger partial charge in [-0.3, -0.25) is 4.68 Å². The van der Waals surface area contributed by atoms with Crippen molar-refractivity contribution in [2.45, 2.75) is 6.54 Å². The molecule has 1 aromatic carbocycles. The van der Waals surface area contributed by atoms with Crippen molar-refractivity contribution < 1.29 is 19.0 Å². The Morgan fingerprint density at radius 1 is 1.58 bits per heavy atom. The largest absolute Gasteiger partial charge is 0.497 e. The van der Waals surface area contributed by atoms with E-state index in [0.29, 0.717) is 11.3 Å². The molecule has 19 heavy (non-hydrogen) atoms. The molecule has 0 bridgehead atoms. The molecular weight excluding hydrogens is 253 g/mol. The van der Waals surface area contributed by atoms with Crippen LogP contribution in [0, 0.1) is 5.82 Å². The van der Waals surface area contributed by atoms with Crippen LogP contribution in [0.2, 0.25) is 0 Å². The highest BCUT2D eigenvalue weighted by molar-refractivity contribution is 5.91. The molecule has 1 aromatic heterocycles. The fraction of sp³-hybridized carbons (Fsp3) is 0.167. The highest BCUT2D eigenvalue weighted by atomic mass is 19.1. The van der Waals surface area contributed by atoms with Crippen molar-refractivity contribution in [1.29, 1.82) is 0 Å². The fourth-order valence-electron chi connectivity index (χ4n) is 1.64. The van der Waals surface area contributed by atoms with Crippen molar-refractivity contribution in [2.75, 3.05) is 12.8 Å². The first-order valence-electron chi connectivity index (χ1n) is 5.40. The molecule has 0 fully saturated rings. The lowest BCUT2D eigenvalue weighted by Crippen LogP contribution is -2.05. The molecule has 0 aliphatic carbocycles. The van der Waals surface area contributed by atoms with Crippen LogP contribution in [-0.4, -0.2) is 28.0 Å². The van der Waals surface area contributed by atoms with Crippen LogP contribution in [0.25, 0.3) is 0 Å². The van der Waals surface area contributed by atoms with Crippen molar-refractivity contribution in [3.63, 3.8) is 0 Å². The summed E-state index contributed by atoms with van der Waals surface area (Å²) in [5.41, 5.74) is 5.66. The van der Waals surface area contributed by atoms with Gasteiger partial charge in [0.25, 0.3) is 0 Å². The van der Waals surface area contributed by atoms with E-state index in [1.54, 1.807) is 12.1 Å². The van der Waals surface area contributed by atoms with Crippen LogP contribution in [0.3, 0.4) is 0 Å². The Kier molecular flexibility index (Phi) is 3.37. The molecule has 1 heterocycles. The average molecular weight is 265 g/mol. The summed E-state index contributed by atoms with van der Waals surface area (Å²) in [6, 6.07) is 4.41.